The van der Waals surface area contributed by atoms with Crippen LogP contribution in [0.2, 0.25) is 0 Å². The fourth-order valence-corrected chi connectivity index (χ4v) is 3.10. The van der Waals surface area contributed by atoms with Gasteiger partial charge in [-0.15, -0.1) is 0 Å². The van der Waals surface area contributed by atoms with Crippen molar-refractivity contribution in [3.8, 4) is 11.4 Å². The molecule has 0 amide bonds. The van der Waals surface area contributed by atoms with Crippen LogP contribution in [0.25, 0.3) is 22.4 Å². The van der Waals surface area contributed by atoms with Crippen LogP contribution in [-0.4, -0.2) is 63.5 Å². The van der Waals surface area contributed by atoms with Gasteiger partial charge in [0.05, 0.1) is 37.1 Å². The second-order valence-corrected chi connectivity index (χ2v) is 6.04. The van der Waals surface area contributed by atoms with Crippen LogP contribution < -0.4 is 10.6 Å². The SMILES string of the molecule is C[C@@H]1COCCN1c1cc(C(=O)CN)c2n[nH]c(-c3ccn[nH]3)c2n1. The summed E-state index contributed by atoms with van der Waals surface area (Å²) >= 11 is 0. The smallest absolute Gasteiger partial charge is 0.178 e. The Balaban J connectivity index is 1.91. The van der Waals surface area contributed by atoms with E-state index >= 15 is 0 Å². The van der Waals surface area contributed by atoms with Crippen molar-refractivity contribution in [1.29, 1.82) is 0 Å². The molecule has 25 heavy (non-hydrogen) atoms. The number of carbonyl (C=O) groups is 1. The molecular weight excluding hydrogens is 322 g/mol. The molecule has 1 saturated heterocycles. The van der Waals surface area contributed by atoms with E-state index in [0.29, 0.717) is 42.0 Å². The molecule has 0 bridgehead atoms. The number of H-pyrrole nitrogens is 2. The number of anilines is 1. The monoisotopic (exact) mass is 341 g/mol. The van der Waals surface area contributed by atoms with Crippen molar-refractivity contribution in [2.24, 2.45) is 5.73 Å². The number of fused-ring (bicyclic) bond motifs is 1. The maximum absolute atomic E-state index is 12.4. The van der Waals surface area contributed by atoms with E-state index in [0.717, 1.165) is 11.5 Å². The Hall–Kier alpha value is -2.78. The molecule has 0 spiro atoms. The van der Waals surface area contributed by atoms with Crippen LogP contribution in [-0.2, 0) is 4.74 Å². The Kier molecular flexibility index (Phi) is 3.94. The van der Waals surface area contributed by atoms with Gasteiger partial charge in [0.25, 0.3) is 0 Å². The van der Waals surface area contributed by atoms with Crippen molar-refractivity contribution < 1.29 is 9.53 Å². The van der Waals surface area contributed by atoms with Gasteiger partial charge in [-0.3, -0.25) is 15.0 Å². The maximum atomic E-state index is 12.4. The predicted molar refractivity (Wildman–Crippen MR) is 92.5 cm³/mol. The van der Waals surface area contributed by atoms with Gasteiger partial charge < -0.3 is 15.4 Å². The topological polar surface area (TPSA) is 126 Å². The van der Waals surface area contributed by atoms with Gasteiger partial charge in [-0.2, -0.15) is 10.2 Å². The van der Waals surface area contributed by atoms with E-state index in [1.165, 1.54) is 0 Å². The lowest BCUT2D eigenvalue weighted by Gasteiger charge is -2.34. The first kappa shape index (κ1) is 15.7. The van der Waals surface area contributed by atoms with Crippen molar-refractivity contribution in [2.45, 2.75) is 13.0 Å². The fourth-order valence-electron chi connectivity index (χ4n) is 3.10. The molecule has 0 radical (unpaired) electrons. The van der Waals surface area contributed by atoms with Gasteiger partial charge in [0.2, 0.25) is 0 Å². The fraction of sp³-hybridized carbons (Fsp3) is 0.375. The molecule has 3 aromatic rings. The van der Waals surface area contributed by atoms with E-state index < -0.39 is 0 Å². The zero-order valence-corrected chi connectivity index (χ0v) is 13.8. The molecule has 1 aliphatic rings. The Morgan fingerprint density at radius 2 is 2.32 bits per heavy atom. The number of carbonyl (C=O) groups excluding carboxylic acids is 1. The number of nitrogens with zero attached hydrogens (tertiary/aromatic N) is 4. The second-order valence-electron chi connectivity index (χ2n) is 6.04. The molecule has 3 aromatic heterocycles. The number of ether oxygens (including phenoxy) is 1. The van der Waals surface area contributed by atoms with Crippen LogP contribution in [0.4, 0.5) is 5.82 Å². The predicted octanol–water partition coefficient (Wildman–Crippen LogP) is 0.714. The lowest BCUT2D eigenvalue weighted by molar-refractivity contribution is 0.0984. The number of nitrogens with one attached hydrogen (secondary N) is 2. The summed E-state index contributed by atoms with van der Waals surface area (Å²) in [5.41, 5.74) is 8.66. The highest BCUT2D eigenvalue weighted by Gasteiger charge is 2.25. The summed E-state index contributed by atoms with van der Waals surface area (Å²) in [5, 5.41) is 14.1. The molecular formula is C16H19N7O2. The number of rotatable bonds is 4. The lowest BCUT2D eigenvalue weighted by atomic mass is 10.1. The average molecular weight is 341 g/mol. The molecule has 9 heteroatoms. The minimum Gasteiger partial charge on any atom is -0.377 e. The highest BCUT2D eigenvalue weighted by molar-refractivity contribution is 6.09. The molecule has 0 aromatic carbocycles. The normalized spacial score (nSPS) is 18.0. The van der Waals surface area contributed by atoms with Gasteiger partial charge in [-0.1, -0.05) is 0 Å². The number of hydrogen-bond acceptors (Lipinski definition) is 7. The molecule has 1 atom stereocenters. The number of hydrogen-bond donors (Lipinski definition) is 3. The molecule has 1 fully saturated rings. The summed E-state index contributed by atoms with van der Waals surface area (Å²) in [4.78, 5) is 19.3. The summed E-state index contributed by atoms with van der Waals surface area (Å²) in [5.74, 6) is 0.555. The third-order valence-corrected chi connectivity index (χ3v) is 4.41. The van der Waals surface area contributed by atoms with Gasteiger partial charge >= 0.3 is 0 Å². The van der Waals surface area contributed by atoms with Crippen LogP contribution >= 0.6 is 0 Å². The minimum atomic E-state index is -0.169. The van der Waals surface area contributed by atoms with Crippen LogP contribution in [0, 0.1) is 0 Å². The first-order valence-corrected chi connectivity index (χ1v) is 8.15. The maximum Gasteiger partial charge on any atom is 0.178 e. The van der Waals surface area contributed by atoms with E-state index in [1.807, 2.05) is 6.07 Å². The van der Waals surface area contributed by atoms with E-state index in [2.05, 4.69) is 32.2 Å². The van der Waals surface area contributed by atoms with Crippen LogP contribution in [0.1, 0.15) is 17.3 Å². The Labute approximate surface area is 143 Å². The summed E-state index contributed by atoms with van der Waals surface area (Å²) < 4.78 is 5.50. The number of ketones is 1. The molecule has 0 saturated carbocycles. The van der Waals surface area contributed by atoms with Crippen molar-refractivity contribution in [2.75, 3.05) is 31.2 Å². The van der Waals surface area contributed by atoms with E-state index in [1.54, 1.807) is 12.3 Å². The molecule has 130 valence electrons. The average Bonchev–Trinajstić information content (AvgIpc) is 3.29. The van der Waals surface area contributed by atoms with Crippen LogP contribution in [0.5, 0.6) is 0 Å². The van der Waals surface area contributed by atoms with E-state index in [-0.39, 0.29) is 18.4 Å². The Bertz CT molecular complexity index is 903. The minimum absolute atomic E-state index is 0.0799. The third-order valence-electron chi connectivity index (χ3n) is 4.41. The lowest BCUT2D eigenvalue weighted by Crippen LogP contribution is -2.44. The molecule has 1 aliphatic heterocycles. The van der Waals surface area contributed by atoms with Crippen LogP contribution in [0.15, 0.2) is 18.3 Å². The summed E-state index contributed by atoms with van der Waals surface area (Å²) in [6.45, 7) is 3.96. The number of morpholine rings is 1. The van der Waals surface area contributed by atoms with Crippen molar-refractivity contribution in [1.82, 2.24) is 25.4 Å². The first-order valence-electron chi connectivity index (χ1n) is 8.15. The number of nitrogens with two attached hydrogens (primary N) is 1. The van der Waals surface area contributed by atoms with Gasteiger partial charge in [0.15, 0.2) is 5.78 Å². The molecule has 0 unspecified atom stereocenters. The van der Waals surface area contributed by atoms with Crippen LogP contribution in [0.3, 0.4) is 0 Å². The number of Topliss-reactive ketones (excluding diaryl/α,β-unsaturated/α-hetero) is 1. The third kappa shape index (κ3) is 2.67. The van der Waals surface area contributed by atoms with Gasteiger partial charge in [0, 0.05) is 12.7 Å². The standard InChI is InChI=1S/C16H19N7O2/c1-9-8-25-5-4-23(9)13-6-10(12(24)7-17)14-16(19-13)15(22-21-14)11-2-3-18-20-11/h2-3,6,9H,4-5,7-8,17H2,1H3,(H,18,20)(H,21,22)/t9-/m1/s1. The largest absolute Gasteiger partial charge is 0.377 e. The summed E-state index contributed by atoms with van der Waals surface area (Å²) in [7, 11) is 0. The Morgan fingerprint density at radius 1 is 1.44 bits per heavy atom. The van der Waals surface area contributed by atoms with Crippen molar-refractivity contribution in [3.63, 3.8) is 0 Å². The number of pyridine rings is 1. The van der Waals surface area contributed by atoms with Gasteiger partial charge in [-0.25, -0.2) is 4.98 Å². The van der Waals surface area contributed by atoms with Crippen molar-refractivity contribution in [3.05, 3.63) is 23.9 Å². The molecule has 4 N–H and O–H groups in total. The van der Waals surface area contributed by atoms with Gasteiger partial charge in [-0.05, 0) is 19.1 Å². The first-order chi connectivity index (χ1) is 12.2. The highest BCUT2D eigenvalue weighted by Crippen LogP contribution is 2.29. The zero-order valence-electron chi connectivity index (χ0n) is 13.8. The summed E-state index contributed by atoms with van der Waals surface area (Å²) in [6, 6.07) is 3.77. The molecule has 9 nitrogen and oxygen atoms in total. The Morgan fingerprint density at radius 3 is 3.04 bits per heavy atom. The van der Waals surface area contributed by atoms with Crippen molar-refractivity contribution >= 4 is 22.6 Å². The number of aromatic amines is 2. The molecule has 4 rings (SSSR count). The highest BCUT2D eigenvalue weighted by atomic mass is 16.5. The number of aromatic nitrogens is 5. The van der Waals surface area contributed by atoms with E-state index in [9.17, 15) is 4.79 Å². The van der Waals surface area contributed by atoms with Gasteiger partial charge in [0.1, 0.15) is 22.5 Å². The summed E-state index contributed by atoms with van der Waals surface area (Å²) in [6.07, 6.45) is 1.65. The molecule has 4 heterocycles. The quantitative estimate of drug-likeness (QED) is 0.597. The second kappa shape index (κ2) is 6.26. The molecule has 0 aliphatic carbocycles. The zero-order chi connectivity index (χ0) is 17.4. The van der Waals surface area contributed by atoms with E-state index in [4.69, 9.17) is 15.5 Å².